The second-order valence-corrected chi connectivity index (χ2v) is 11.9. The Morgan fingerprint density at radius 3 is 2.24 bits per heavy atom. The van der Waals surface area contributed by atoms with Crippen LogP contribution in [0.25, 0.3) is 0 Å². The molecule has 4 bridgehead atoms. The van der Waals surface area contributed by atoms with Crippen LogP contribution in [0.5, 0.6) is 0 Å². The minimum absolute atomic E-state index is 0.273. The van der Waals surface area contributed by atoms with Crippen molar-refractivity contribution in [3.05, 3.63) is 0 Å². The lowest BCUT2D eigenvalue weighted by molar-refractivity contribution is -0.140. The fourth-order valence-electron chi connectivity index (χ4n) is 6.68. The number of amides is 1. The zero-order chi connectivity index (χ0) is 17.9. The summed E-state index contributed by atoms with van der Waals surface area (Å²) in [7, 11) is 0. The molecule has 1 N–H and O–H groups in total. The van der Waals surface area contributed by atoms with Gasteiger partial charge in [-0.25, -0.2) is 0 Å². The molecule has 0 aromatic heterocycles. The number of nitrogens with zero attached hydrogens (tertiary/aromatic N) is 2. The molecule has 142 valence electrons. The molecule has 4 nitrogen and oxygen atoms in total. The summed E-state index contributed by atoms with van der Waals surface area (Å²) in [6.07, 6.45) is 8.59. The SMILES string of the molecule is CC(C)(O)CN1CCN(C(=O)CC23C[C@H]4C[C@@H](CC(Br)(C4)C2)C3)CC1. The molecule has 0 aromatic carbocycles. The summed E-state index contributed by atoms with van der Waals surface area (Å²) >= 11 is 4.06. The standard InChI is InChI=1S/C20H33BrN2O2/c1-18(2,25)14-22-3-5-23(6-4-22)17(24)12-19-8-15-7-16(9-19)11-20(21,10-15)13-19/h15-16,25H,3-14H2,1-2H3/t15-,16-,19?,20?/m1/s1. The van der Waals surface area contributed by atoms with Crippen LogP contribution in [0.15, 0.2) is 0 Å². The van der Waals surface area contributed by atoms with E-state index in [0.29, 0.717) is 16.8 Å². The van der Waals surface area contributed by atoms with Crippen LogP contribution in [0.3, 0.4) is 0 Å². The van der Waals surface area contributed by atoms with Crippen molar-refractivity contribution in [3.63, 3.8) is 0 Å². The molecule has 1 heterocycles. The van der Waals surface area contributed by atoms with Gasteiger partial charge in [-0.2, -0.15) is 0 Å². The number of rotatable bonds is 4. The molecule has 5 fully saturated rings. The van der Waals surface area contributed by atoms with Gasteiger partial charge in [-0.15, -0.1) is 0 Å². The van der Waals surface area contributed by atoms with Gasteiger partial charge in [0.2, 0.25) is 5.91 Å². The molecule has 2 atom stereocenters. The van der Waals surface area contributed by atoms with Gasteiger partial charge in [0, 0.05) is 43.5 Å². The normalized spacial score (nSPS) is 41.4. The van der Waals surface area contributed by atoms with Crippen LogP contribution >= 0.6 is 15.9 Å². The fourth-order valence-corrected chi connectivity index (χ4v) is 8.19. The number of β-amino-alcohol motifs (C(OH)–C–C–N with tert-alkyl or cyclic N) is 1. The highest BCUT2D eigenvalue weighted by molar-refractivity contribution is 9.10. The smallest absolute Gasteiger partial charge is 0.223 e. The number of hydrogen-bond donors (Lipinski definition) is 1. The number of aliphatic hydroxyl groups is 1. The summed E-state index contributed by atoms with van der Waals surface area (Å²) in [5, 5.41) is 9.98. The third-order valence-electron chi connectivity index (χ3n) is 6.97. The van der Waals surface area contributed by atoms with Gasteiger partial charge < -0.3 is 10.0 Å². The predicted octanol–water partition coefficient (Wildman–Crippen LogP) is 3.03. The molecule has 4 saturated carbocycles. The van der Waals surface area contributed by atoms with E-state index < -0.39 is 5.60 Å². The Kier molecular flexibility index (Phi) is 4.53. The van der Waals surface area contributed by atoms with Gasteiger partial charge in [0.15, 0.2) is 0 Å². The summed E-state index contributed by atoms with van der Waals surface area (Å²) in [6.45, 7) is 7.80. The number of carbonyl (C=O) groups is 1. The summed E-state index contributed by atoms with van der Waals surface area (Å²) in [5.41, 5.74) is -0.384. The van der Waals surface area contributed by atoms with Crippen molar-refractivity contribution in [2.45, 2.75) is 68.7 Å². The first kappa shape index (κ1) is 18.2. The minimum atomic E-state index is -0.657. The summed E-state index contributed by atoms with van der Waals surface area (Å²) in [6, 6.07) is 0. The lowest BCUT2D eigenvalue weighted by Gasteiger charge is -2.60. The Morgan fingerprint density at radius 1 is 1.12 bits per heavy atom. The van der Waals surface area contributed by atoms with E-state index in [2.05, 4.69) is 25.7 Å². The molecular formula is C20H33BrN2O2. The number of hydrogen-bond acceptors (Lipinski definition) is 3. The van der Waals surface area contributed by atoms with Crippen molar-refractivity contribution in [2.75, 3.05) is 32.7 Å². The fraction of sp³-hybridized carbons (Fsp3) is 0.950. The Balaban J connectivity index is 1.34. The number of carbonyl (C=O) groups excluding carboxylic acids is 1. The molecule has 1 aliphatic heterocycles. The number of halogens is 1. The molecular weight excluding hydrogens is 380 g/mol. The Morgan fingerprint density at radius 2 is 1.72 bits per heavy atom. The van der Waals surface area contributed by atoms with Gasteiger partial charge in [0.25, 0.3) is 0 Å². The first-order valence-electron chi connectivity index (χ1n) is 10.1. The molecule has 5 heteroatoms. The van der Waals surface area contributed by atoms with Crippen molar-refractivity contribution >= 4 is 21.8 Å². The Bertz CT molecular complexity index is 522. The van der Waals surface area contributed by atoms with Crippen LogP contribution in [0.4, 0.5) is 0 Å². The first-order chi connectivity index (χ1) is 11.6. The average molecular weight is 413 g/mol. The summed E-state index contributed by atoms with van der Waals surface area (Å²) < 4.78 is 0.336. The molecule has 5 rings (SSSR count). The van der Waals surface area contributed by atoms with E-state index in [1.807, 2.05) is 13.8 Å². The second kappa shape index (κ2) is 6.20. The van der Waals surface area contributed by atoms with Crippen molar-refractivity contribution in [1.82, 2.24) is 9.80 Å². The van der Waals surface area contributed by atoms with Crippen LogP contribution in [0, 0.1) is 17.3 Å². The van der Waals surface area contributed by atoms with Crippen LogP contribution in [0.2, 0.25) is 0 Å². The minimum Gasteiger partial charge on any atom is -0.389 e. The molecule has 5 aliphatic rings. The van der Waals surface area contributed by atoms with E-state index in [1.165, 1.54) is 38.5 Å². The summed E-state index contributed by atoms with van der Waals surface area (Å²) in [5.74, 6) is 2.06. The van der Waals surface area contributed by atoms with E-state index in [1.54, 1.807) is 0 Å². The molecule has 0 spiro atoms. The van der Waals surface area contributed by atoms with Gasteiger partial charge in [-0.3, -0.25) is 9.69 Å². The Labute approximate surface area is 160 Å². The molecule has 25 heavy (non-hydrogen) atoms. The third-order valence-corrected chi connectivity index (χ3v) is 7.90. The first-order valence-corrected chi connectivity index (χ1v) is 10.8. The highest BCUT2D eigenvalue weighted by Crippen LogP contribution is 2.65. The maximum atomic E-state index is 13.0. The van der Waals surface area contributed by atoms with E-state index in [4.69, 9.17) is 0 Å². The lowest BCUT2D eigenvalue weighted by atomic mass is 9.48. The topological polar surface area (TPSA) is 43.8 Å². The van der Waals surface area contributed by atoms with Crippen molar-refractivity contribution in [1.29, 1.82) is 0 Å². The van der Waals surface area contributed by atoms with Crippen LogP contribution in [-0.4, -0.2) is 63.5 Å². The zero-order valence-corrected chi connectivity index (χ0v) is 17.4. The van der Waals surface area contributed by atoms with E-state index >= 15 is 0 Å². The average Bonchev–Trinajstić information content (AvgIpc) is 2.42. The van der Waals surface area contributed by atoms with E-state index in [-0.39, 0.29) is 5.41 Å². The van der Waals surface area contributed by atoms with Crippen molar-refractivity contribution < 1.29 is 9.90 Å². The second-order valence-electron chi connectivity index (χ2n) is 10.3. The van der Waals surface area contributed by atoms with Gasteiger partial charge in [0.05, 0.1) is 5.60 Å². The molecule has 0 unspecified atom stereocenters. The van der Waals surface area contributed by atoms with Gasteiger partial charge >= 0.3 is 0 Å². The van der Waals surface area contributed by atoms with Gasteiger partial charge in [0.1, 0.15) is 0 Å². The maximum absolute atomic E-state index is 13.0. The van der Waals surface area contributed by atoms with Crippen LogP contribution < -0.4 is 0 Å². The maximum Gasteiger partial charge on any atom is 0.223 e. The van der Waals surface area contributed by atoms with Crippen molar-refractivity contribution in [2.24, 2.45) is 17.3 Å². The van der Waals surface area contributed by atoms with Gasteiger partial charge in [-0.05, 0) is 69.6 Å². The monoisotopic (exact) mass is 412 g/mol. The predicted molar refractivity (Wildman–Crippen MR) is 103 cm³/mol. The molecule has 0 aromatic rings. The quantitative estimate of drug-likeness (QED) is 0.721. The highest BCUT2D eigenvalue weighted by Gasteiger charge is 2.57. The van der Waals surface area contributed by atoms with Crippen LogP contribution in [-0.2, 0) is 4.79 Å². The molecule has 1 amide bonds. The molecule has 0 radical (unpaired) electrons. The van der Waals surface area contributed by atoms with Crippen LogP contribution in [0.1, 0.15) is 58.8 Å². The zero-order valence-electron chi connectivity index (χ0n) is 15.8. The third kappa shape index (κ3) is 3.93. The molecule has 1 saturated heterocycles. The van der Waals surface area contributed by atoms with E-state index in [0.717, 1.165) is 44.4 Å². The lowest BCUT2D eigenvalue weighted by Crippen LogP contribution is -2.56. The summed E-state index contributed by atoms with van der Waals surface area (Å²) in [4.78, 5) is 17.4. The Hall–Kier alpha value is -0.130. The van der Waals surface area contributed by atoms with Crippen molar-refractivity contribution in [3.8, 4) is 0 Å². The van der Waals surface area contributed by atoms with Gasteiger partial charge in [-0.1, -0.05) is 15.9 Å². The van der Waals surface area contributed by atoms with E-state index in [9.17, 15) is 9.90 Å². The number of alkyl halides is 1. The number of piperazine rings is 1. The molecule has 4 aliphatic carbocycles. The largest absolute Gasteiger partial charge is 0.389 e. The highest BCUT2D eigenvalue weighted by atomic mass is 79.9.